The third-order valence-corrected chi connectivity index (χ3v) is 5.78. The third kappa shape index (κ3) is 4.94. The minimum absolute atomic E-state index is 0.00372. The quantitative estimate of drug-likeness (QED) is 0.652. The van der Waals surface area contributed by atoms with Crippen LogP contribution >= 0.6 is 23.4 Å². The van der Waals surface area contributed by atoms with Gasteiger partial charge in [-0.15, -0.1) is 11.8 Å². The van der Waals surface area contributed by atoms with Crippen molar-refractivity contribution < 1.29 is 14.4 Å². The maximum absolute atomic E-state index is 12.7. The Kier molecular flexibility index (Phi) is 6.75. The molecule has 1 aliphatic rings. The van der Waals surface area contributed by atoms with E-state index >= 15 is 0 Å². The van der Waals surface area contributed by atoms with Gasteiger partial charge in [0.2, 0.25) is 17.7 Å². The summed E-state index contributed by atoms with van der Waals surface area (Å²) < 4.78 is 0. The molecular formula is C21H21ClN2O3S. The summed E-state index contributed by atoms with van der Waals surface area (Å²) in [6.45, 7) is 2.04. The zero-order valence-corrected chi connectivity index (χ0v) is 17.1. The molecule has 0 aromatic heterocycles. The van der Waals surface area contributed by atoms with Crippen molar-refractivity contribution in [2.75, 3.05) is 10.2 Å². The van der Waals surface area contributed by atoms with E-state index in [1.54, 1.807) is 24.3 Å². The molecule has 7 heteroatoms. The first-order chi connectivity index (χ1) is 13.5. The summed E-state index contributed by atoms with van der Waals surface area (Å²) in [5.74, 6) is -0.477. The van der Waals surface area contributed by atoms with Gasteiger partial charge in [0, 0.05) is 28.4 Å². The van der Waals surface area contributed by atoms with E-state index in [0.717, 1.165) is 23.4 Å². The van der Waals surface area contributed by atoms with Gasteiger partial charge < -0.3 is 5.32 Å². The van der Waals surface area contributed by atoms with Gasteiger partial charge in [0.1, 0.15) is 0 Å². The summed E-state index contributed by atoms with van der Waals surface area (Å²) in [5.41, 5.74) is 1.22. The normalized spacial score (nSPS) is 16.5. The molecule has 1 fully saturated rings. The first-order valence-electron chi connectivity index (χ1n) is 9.17. The number of nitrogens with zero attached hydrogens (tertiary/aromatic N) is 1. The van der Waals surface area contributed by atoms with Gasteiger partial charge in [-0.2, -0.15) is 0 Å². The highest BCUT2D eigenvalue weighted by atomic mass is 35.5. The fourth-order valence-electron chi connectivity index (χ4n) is 2.92. The summed E-state index contributed by atoms with van der Waals surface area (Å²) in [6, 6.07) is 14.0. The van der Waals surface area contributed by atoms with Crippen LogP contribution in [0.2, 0.25) is 5.02 Å². The fraction of sp³-hybridized carbons (Fsp3) is 0.286. The Morgan fingerprint density at radius 1 is 1.21 bits per heavy atom. The van der Waals surface area contributed by atoms with E-state index < -0.39 is 5.25 Å². The van der Waals surface area contributed by atoms with Crippen molar-refractivity contribution in [2.24, 2.45) is 0 Å². The maximum atomic E-state index is 12.7. The first-order valence-corrected chi connectivity index (χ1v) is 10.4. The number of benzene rings is 2. The summed E-state index contributed by atoms with van der Waals surface area (Å²) in [5, 5.41) is 2.86. The SMILES string of the molecule is CCCCC(=O)Nc1ccc(S[C@@H]2CC(=O)N(c3cccc(Cl)c3)C2=O)cc1. The van der Waals surface area contributed by atoms with Gasteiger partial charge in [0.05, 0.1) is 10.9 Å². The van der Waals surface area contributed by atoms with Crippen LogP contribution in [0.15, 0.2) is 53.4 Å². The molecule has 1 atom stereocenters. The molecule has 2 aromatic rings. The number of nitrogens with one attached hydrogen (secondary N) is 1. The Morgan fingerprint density at radius 2 is 1.96 bits per heavy atom. The Balaban J connectivity index is 1.63. The lowest BCUT2D eigenvalue weighted by molar-refractivity contribution is -0.121. The van der Waals surface area contributed by atoms with Gasteiger partial charge in [0.25, 0.3) is 0 Å². The van der Waals surface area contributed by atoms with E-state index in [4.69, 9.17) is 11.6 Å². The number of unbranched alkanes of at least 4 members (excludes halogenated alkanes) is 1. The number of rotatable bonds is 7. The average Bonchev–Trinajstić information content (AvgIpc) is 2.95. The summed E-state index contributed by atoms with van der Waals surface area (Å²) >= 11 is 7.33. The van der Waals surface area contributed by atoms with E-state index in [2.05, 4.69) is 5.32 Å². The van der Waals surface area contributed by atoms with Crippen molar-refractivity contribution >= 4 is 52.5 Å². The highest BCUT2D eigenvalue weighted by molar-refractivity contribution is 8.00. The number of hydrogen-bond acceptors (Lipinski definition) is 4. The third-order valence-electron chi connectivity index (χ3n) is 4.35. The zero-order chi connectivity index (χ0) is 20.1. The van der Waals surface area contributed by atoms with Crippen LogP contribution in [0.5, 0.6) is 0 Å². The van der Waals surface area contributed by atoms with Crippen LogP contribution < -0.4 is 10.2 Å². The predicted octanol–water partition coefficient (Wildman–Crippen LogP) is 4.89. The lowest BCUT2D eigenvalue weighted by Crippen LogP contribution is -2.31. The van der Waals surface area contributed by atoms with Crippen molar-refractivity contribution in [1.29, 1.82) is 0 Å². The minimum Gasteiger partial charge on any atom is -0.326 e. The molecule has 1 saturated heterocycles. The standard InChI is InChI=1S/C21H21ClN2O3S/c1-2-3-7-19(25)23-15-8-10-17(11-9-15)28-18-13-20(26)24(21(18)27)16-6-4-5-14(22)12-16/h4-6,8-12,18H,2-3,7,13H2,1H3,(H,23,25)/t18-/m1/s1. The van der Waals surface area contributed by atoms with Gasteiger partial charge in [-0.25, -0.2) is 4.90 Å². The molecule has 146 valence electrons. The topological polar surface area (TPSA) is 66.5 Å². The van der Waals surface area contributed by atoms with Gasteiger partial charge >= 0.3 is 0 Å². The molecule has 2 aromatic carbocycles. The molecule has 1 N–H and O–H groups in total. The van der Waals surface area contributed by atoms with Crippen LogP contribution in [0, 0.1) is 0 Å². The first kappa shape index (κ1) is 20.4. The van der Waals surface area contributed by atoms with E-state index in [1.807, 2.05) is 31.2 Å². The largest absolute Gasteiger partial charge is 0.326 e. The van der Waals surface area contributed by atoms with Crippen molar-refractivity contribution in [1.82, 2.24) is 0 Å². The van der Waals surface area contributed by atoms with Gasteiger partial charge in [-0.3, -0.25) is 14.4 Å². The van der Waals surface area contributed by atoms with Gasteiger partial charge in [-0.05, 0) is 48.9 Å². The van der Waals surface area contributed by atoms with Crippen LogP contribution in [0.4, 0.5) is 11.4 Å². The van der Waals surface area contributed by atoms with Crippen molar-refractivity contribution in [3.05, 3.63) is 53.6 Å². The van der Waals surface area contributed by atoms with Crippen LogP contribution in [0.3, 0.4) is 0 Å². The number of hydrogen-bond donors (Lipinski definition) is 1. The van der Waals surface area contributed by atoms with Crippen molar-refractivity contribution in [3.8, 4) is 0 Å². The Morgan fingerprint density at radius 3 is 2.64 bits per heavy atom. The Bertz CT molecular complexity index is 885. The summed E-state index contributed by atoms with van der Waals surface area (Å²) in [4.78, 5) is 39.0. The lowest BCUT2D eigenvalue weighted by Gasteiger charge is -2.15. The number of carbonyl (C=O) groups is 3. The molecule has 3 amide bonds. The number of carbonyl (C=O) groups excluding carboxylic acids is 3. The molecule has 0 unspecified atom stereocenters. The second-order valence-electron chi connectivity index (χ2n) is 6.53. The summed E-state index contributed by atoms with van der Waals surface area (Å²) in [6.07, 6.45) is 2.49. The second-order valence-corrected chi connectivity index (χ2v) is 8.25. The molecule has 0 radical (unpaired) electrons. The highest BCUT2D eigenvalue weighted by Gasteiger charge is 2.40. The molecule has 1 aliphatic heterocycles. The fourth-order valence-corrected chi connectivity index (χ4v) is 4.16. The number of thioether (sulfide) groups is 1. The Labute approximate surface area is 173 Å². The van der Waals surface area contributed by atoms with Crippen molar-refractivity contribution in [2.45, 2.75) is 42.8 Å². The average molecular weight is 417 g/mol. The monoisotopic (exact) mass is 416 g/mol. The van der Waals surface area contributed by atoms with Crippen molar-refractivity contribution in [3.63, 3.8) is 0 Å². The molecule has 0 bridgehead atoms. The van der Waals surface area contributed by atoms with Crippen LogP contribution in [-0.4, -0.2) is 23.0 Å². The lowest BCUT2D eigenvalue weighted by atomic mass is 10.2. The van der Waals surface area contributed by atoms with E-state index in [-0.39, 0.29) is 24.1 Å². The number of halogens is 1. The molecule has 3 rings (SSSR count). The molecule has 0 saturated carbocycles. The van der Waals surface area contributed by atoms with E-state index in [1.165, 1.54) is 16.7 Å². The number of amides is 3. The molecular weight excluding hydrogens is 396 g/mol. The molecule has 0 aliphatic carbocycles. The van der Waals surface area contributed by atoms with E-state index in [0.29, 0.717) is 17.1 Å². The molecule has 1 heterocycles. The van der Waals surface area contributed by atoms with Gasteiger partial charge in [-0.1, -0.05) is 31.0 Å². The second kappa shape index (κ2) is 9.26. The number of anilines is 2. The van der Waals surface area contributed by atoms with Crippen LogP contribution in [0.1, 0.15) is 32.6 Å². The highest BCUT2D eigenvalue weighted by Crippen LogP contribution is 2.35. The van der Waals surface area contributed by atoms with Crippen LogP contribution in [-0.2, 0) is 14.4 Å². The molecule has 0 spiro atoms. The minimum atomic E-state index is -0.475. The molecule has 5 nitrogen and oxygen atoms in total. The van der Waals surface area contributed by atoms with E-state index in [9.17, 15) is 14.4 Å². The van der Waals surface area contributed by atoms with Gasteiger partial charge in [0.15, 0.2) is 0 Å². The molecule has 28 heavy (non-hydrogen) atoms. The number of imide groups is 1. The Hall–Kier alpha value is -2.31. The zero-order valence-electron chi connectivity index (χ0n) is 15.5. The predicted molar refractivity (Wildman–Crippen MR) is 113 cm³/mol. The van der Waals surface area contributed by atoms with Crippen LogP contribution in [0.25, 0.3) is 0 Å². The maximum Gasteiger partial charge on any atom is 0.247 e. The summed E-state index contributed by atoms with van der Waals surface area (Å²) in [7, 11) is 0. The smallest absolute Gasteiger partial charge is 0.247 e.